The van der Waals surface area contributed by atoms with Crippen molar-refractivity contribution in [1.82, 2.24) is 10.6 Å². The van der Waals surface area contributed by atoms with Gasteiger partial charge in [-0.15, -0.1) is 0 Å². The minimum absolute atomic E-state index is 0.363. The average molecular weight is 377 g/mol. The maximum absolute atomic E-state index is 13.9. The van der Waals surface area contributed by atoms with Crippen LogP contribution in [0.4, 0.5) is 8.78 Å². The third-order valence-corrected chi connectivity index (χ3v) is 3.99. The zero-order valence-corrected chi connectivity index (χ0v) is 16.0. The van der Waals surface area contributed by atoms with Gasteiger partial charge in [0.1, 0.15) is 11.6 Å². The molecule has 146 valence electrons. The first kappa shape index (κ1) is 20.5. The van der Waals surface area contributed by atoms with Crippen molar-refractivity contribution in [1.29, 1.82) is 0 Å². The summed E-state index contributed by atoms with van der Waals surface area (Å²) in [6.07, 6.45) is 0. The Morgan fingerprint density at radius 3 is 2.56 bits per heavy atom. The van der Waals surface area contributed by atoms with Gasteiger partial charge in [0.25, 0.3) is 0 Å². The number of rotatable bonds is 7. The van der Waals surface area contributed by atoms with Gasteiger partial charge in [0, 0.05) is 25.2 Å². The fraction of sp³-hybridized carbons (Fsp3) is 0.350. The number of guanidine groups is 1. The number of ether oxygens (including phenoxy) is 2. The molecule has 27 heavy (non-hydrogen) atoms. The van der Waals surface area contributed by atoms with Crippen molar-refractivity contribution in [2.45, 2.75) is 26.4 Å². The first-order valence-electron chi connectivity index (χ1n) is 8.70. The third-order valence-electron chi connectivity index (χ3n) is 3.99. The normalized spacial score (nSPS) is 12.4. The summed E-state index contributed by atoms with van der Waals surface area (Å²) < 4.78 is 37.9. The van der Waals surface area contributed by atoms with Crippen LogP contribution in [0.15, 0.2) is 41.4 Å². The maximum atomic E-state index is 13.9. The number of halogens is 2. The molecule has 5 nitrogen and oxygen atoms in total. The van der Waals surface area contributed by atoms with Crippen molar-refractivity contribution < 1.29 is 18.3 Å². The van der Waals surface area contributed by atoms with Crippen LogP contribution >= 0.6 is 0 Å². The molecule has 0 aliphatic carbocycles. The first-order valence-corrected chi connectivity index (χ1v) is 8.70. The average Bonchev–Trinajstić information content (AvgIpc) is 2.65. The van der Waals surface area contributed by atoms with Gasteiger partial charge in [0.15, 0.2) is 17.5 Å². The topological polar surface area (TPSA) is 54.9 Å². The molecule has 0 heterocycles. The Hall–Kier alpha value is -2.83. The Morgan fingerprint density at radius 1 is 1.15 bits per heavy atom. The van der Waals surface area contributed by atoms with Crippen molar-refractivity contribution in [3.63, 3.8) is 0 Å². The van der Waals surface area contributed by atoms with Crippen LogP contribution in [0.1, 0.15) is 31.0 Å². The Kier molecular flexibility index (Phi) is 7.40. The zero-order valence-electron chi connectivity index (χ0n) is 16.0. The van der Waals surface area contributed by atoms with E-state index in [0.29, 0.717) is 36.2 Å². The molecule has 0 bridgehead atoms. The van der Waals surface area contributed by atoms with Gasteiger partial charge in [-0.25, -0.2) is 8.78 Å². The standard InChI is InChI=1S/C20H25F2N3O2/c1-5-27-19-10-14(6-9-18(19)26-4)12-24-20(23-3)25-13(2)16-8-7-15(21)11-17(16)22/h6-11,13H,5,12H2,1-4H3,(H2,23,24,25). The van der Waals surface area contributed by atoms with Crippen LogP contribution < -0.4 is 20.1 Å². The van der Waals surface area contributed by atoms with E-state index in [2.05, 4.69) is 15.6 Å². The van der Waals surface area contributed by atoms with Crippen molar-refractivity contribution in [2.24, 2.45) is 4.99 Å². The summed E-state index contributed by atoms with van der Waals surface area (Å²) in [6, 6.07) is 8.81. The molecule has 0 aromatic heterocycles. The van der Waals surface area contributed by atoms with E-state index < -0.39 is 11.6 Å². The molecule has 1 atom stereocenters. The highest BCUT2D eigenvalue weighted by molar-refractivity contribution is 5.80. The second kappa shape index (κ2) is 9.75. The molecular formula is C20H25F2N3O2. The summed E-state index contributed by atoms with van der Waals surface area (Å²) in [5.74, 6) is 0.644. The largest absolute Gasteiger partial charge is 0.493 e. The highest BCUT2D eigenvalue weighted by Crippen LogP contribution is 2.28. The van der Waals surface area contributed by atoms with E-state index >= 15 is 0 Å². The Balaban J connectivity index is 2.02. The molecule has 0 aliphatic heterocycles. The van der Waals surface area contributed by atoms with Crippen molar-refractivity contribution in [3.8, 4) is 11.5 Å². The number of nitrogens with one attached hydrogen (secondary N) is 2. The van der Waals surface area contributed by atoms with Gasteiger partial charge in [0.2, 0.25) is 0 Å². The summed E-state index contributed by atoms with van der Waals surface area (Å²) in [6.45, 7) is 4.72. The molecule has 1 unspecified atom stereocenters. The van der Waals surface area contributed by atoms with Crippen molar-refractivity contribution in [3.05, 3.63) is 59.2 Å². The third kappa shape index (κ3) is 5.57. The van der Waals surface area contributed by atoms with Gasteiger partial charge < -0.3 is 20.1 Å². The van der Waals surface area contributed by atoms with Crippen molar-refractivity contribution >= 4 is 5.96 Å². The quantitative estimate of drug-likeness (QED) is 0.569. The first-order chi connectivity index (χ1) is 13.0. The summed E-state index contributed by atoms with van der Waals surface area (Å²) in [5.41, 5.74) is 1.34. The highest BCUT2D eigenvalue weighted by Gasteiger charge is 2.13. The number of benzene rings is 2. The lowest BCUT2D eigenvalue weighted by Crippen LogP contribution is -2.38. The summed E-state index contributed by atoms with van der Waals surface area (Å²) in [5, 5.41) is 6.27. The molecule has 2 aromatic carbocycles. The SMILES string of the molecule is CCOc1cc(CNC(=NC)NC(C)c2ccc(F)cc2F)ccc1OC. The minimum atomic E-state index is -0.601. The lowest BCUT2D eigenvalue weighted by atomic mass is 10.1. The Labute approximate surface area is 158 Å². The second-order valence-electron chi connectivity index (χ2n) is 5.88. The van der Waals surface area contributed by atoms with E-state index in [0.717, 1.165) is 11.6 Å². The molecule has 0 saturated carbocycles. The predicted octanol–water partition coefficient (Wildman–Crippen LogP) is 3.80. The number of aliphatic imine (C=N–C) groups is 1. The maximum Gasteiger partial charge on any atom is 0.191 e. The second-order valence-corrected chi connectivity index (χ2v) is 5.88. The minimum Gasteiger partial charge on any atom is -0.493 e. The molecule has 2 rings (SSSR count). The molecule has 0 saturated heterocycles. The van der Waals surface area contributed by atoms with Gasteiger partial charge in [-0.3, -0.25) is 4.99 Å². The van der Waals surface area contributed by atoms with Crippen LogP contribution in [0.5, 0.6) is 11.5 Å². The van der Waals surface area contributed by atoms with Gasteiger partial charge >= 0.3 is 0 Å². The summed E-state index contributed by atoms with van der Waals surface area (Å²) >= 11 is 0. The van der Waals surface area contributed by atoms with E-state index in [4.69, 9.17) is 9.47 Å². The van der Waals surface area contributed by atoms with Gasteiger partial charge in [-0.2, -0.15) is 0 Å². The molecule has 7 heteroatoms. The van der Waals surface area contributed by atoms with E-state index in [1.165, 1.54) is 12.1 Å². The Bertz CT molecular complexity index is 797. The van der Waals surface area contributed by atoms with E-state index in [-0.39, 0.29) is 6.04 Å². The Morgan fingerprint density at radius 2 is 1.93 bits per heavy atom. The zero-order chi connectivity index (χ0) is 19.8. The van der Waals surface area contributed by atoms with Crippen LogP contribution in [0.3, 0.4) is 0 Å². The molecular weight excluding hydrogens is 352 g/mol. The van der Waals surface area contributed by atoms with Crippen LogP contribution in [0.25, 0.3) is 0 Å². The van der Waals surface area contributed by atoms with Crippen LogP contribution in [-0.2, 0) is 6.54 Å². The molecule has 0 amide bonds. The van der Waals surface area contributed by atoms with Gasteiger partial charge in [-0.1, -0.05) is 12.1 Å². The fourth-order valence-electron chi connectivity index (χ4n) is 2.62. The molecule has 2 aromatic rings. The lowest BCUT2D eigenvalue weighted by molar-refractivity contribution is 0.310. The van der Waals surface area contributed by atoms with E-state index in [9.17, 15) is 8.78 Å². The number of hydrogen-bond donors (Lipinski definition) is 2. The van der Waals surface area contributed by atoms with Crippen LogP contribution in [-0.4, -0.2) is 26.7 Å². The van der Waals surface area contributed by atoms with E-state index in [1.807, 2.05) is 25.1 Å². The summed E-state index contributed by atoms with van der Waals surface area (Å²) in [7, 11) is 3.22. The molecule has 0 fully saturated rings. The van der Waals surface area contributed by atoms with Crippen molar-refractivity contribution in [2.75, 3.05) is 20.8 Å². The lowest BCUT2D eigenvalue weighted by Gasteiger charge is -2.19. The highest BCUT2D eigenvalue weighted by atomic mass is 19.1. The smallest absolute Gasteiger partial charge is 0.191 e. The fourth-order valence-corrected chi connectivity index (χ4v) is 2.62. The monoisotopic (exact) mass is 377 g/mol. The predicted molar refractivity (Wildman–Crippen MR) is 102 cm³/mol. The van der Waals surface area contributed by atoms with Gasteiger partial charge in [0.05, 0.1) is 19.8 Å². The van der Waals surface area contributed by atoms with Crippen LogP contribution in [0.2, 0.25) is 0 Å². The van der Waals surface area contributed by atoms with Gasteiger partial charge in [-0.05, 0) is 37.6 Å². The van der Waals surface area contributed by atoms with E-state index in [1.54, 1.807) is 21.1 Å². The van der Waals surface area contributed by atoms with Crippen LogP contribution in [0, 0.1) is 11.6 Å². The number of hydrogen-bond acceptors (Lipinski definition) is 3. The summed E-state index contributed by atoms with van der Waals surface area (Å²) in [4.78, 5) is 4.15. The molecule has 2 N–H and O–H groups in total. The molecule has 0 aliphatic rings. The number of methoxy groups -OCH3 is 1. The molecule has 0 radical (unpaired) electrons. The number of nitrogens with zero attached hydrogens (tertiary/aromatic N) is 1. The molecule has 0 spiro atoms.